The summed E-state index contributed by atoms with van der Waals surface area (Å²) in [6, 6.07) is 11.7. The second-order valence-electron chi connectivity index (χ2n) is 10.9. The molecule has 0 spiro atoms. The van der Waals surface area contributed by atoms with E-state index in [4.69, 9.17) is 16.3 Å². The number of piperidine rings is 1. The smallest absolute Gasteiger partial charge is 0.246 e. The molecule has 224 valence electrons. The highest BCUT2D eigenvalue weighted by Gasteiger charge is 2.26. The normalized spacial score (nSPS) is 17.3. The molecule has 3 aromatic heterocycles. The van der Waals surface area contributed by atoms with Crippen LogP contribution in [0.4, 0.5) is 11.5 Å². The SMILES string of the molecule is O=C(C=CCN1CCCCC1CCO)N1CCc2c(sc3ncnc(Nc4ccc(OCc5ccccn5)c(Cl)c4)c23)C1. The van der Waals surface area contributed by atoms with Crippen molar-refractivity contribution in [2.24, 2.45) is 0 Å². The number of benzene rings is 1. The maximum absolute atomic E-state index is 13.1. The molecule has 2 aliphatic rings. The van der Waals surface area contributed by atoms with Gasteiger partial charge in [0.2, 0.25) is 5.91 Å². The van der Waals surface area contributed by atoms with Crippen molar-refractivity contribution in [1.29, 1.82) is 0 Å². The predicted octanol–water partition coefficient (Wildman–Crippen LogP) is 5.74. The zero-order chi connectivity index (χ0) is 29.6. The minimum atomic E-state index is 0.0308. The summed E-state index contributed by atoms with van der Waals surface area (Å²) in [4.78, 5) is 32.8. The van der Waals surface area contributed by atoms with Gasteiger partial charge in [0.15, 0.2) is 0 Å². The fraction of sp³-hybridized carbons (Fsp3) is 0.375. The predicted molar refractivity (Wildman–Crippen MR) is 170 cm³/mol. The zero-order valence-corrected chi connectivity index (χ0v) is 25.5. The number of pyridine rings is 1. The molecule has 0 bridgehead atoms. The lowest BCUT2D eigenvalue weighted by atomic mass is 10.00. The molecular weight excluding hydrogens is 584 g/mol. The number of carbonyl (C=O) groups is 1. The minimum Gasteiger partial charge on any atom is -0.486 e. The molecule has 11 heteroatoms. The molecule has 1 saturated heterocycles. The molecule has 4 aromatic rings. The zero-order valence-electron chi connectivity index (χ0n) is 23.9. The Morgan fingerprint density at radius 1 is 1.19 bits per heavy atom. The first-order valence-corrected chi connectivity index (χ1v) is 15.9. The van der Waals surface area contributed by atoms with Crippen molar-refractivity contribution in [2.75, 3.05) is 31.6 Å². The van der Waals surface area contributed by atoms with Crippen molar-refractivity contribution in [2.45, 2.75) is 51.3 Å². The number of likely N-dealkylation sites (tertiary alicyclic amines) is 1. The number of thiophene rings is 1. The number of nitrogens with one attached hydrogen (secondary N) is 1. The van der Waals surface area contributed by atoms with Gasteiger partial charge in [0.25, 0.3) is 0 Å². The Morgan fingerprint density at radius 3 is 2.95 bits per heavy atom. The molecule has 2 N–H and O–H groups in total. The number of halogens is 1. The van der Waals surface area contributed by atoms with Crippen LogP contribution in [0.25, 0.3) is 10.2 Å². The van der Waals surface area contributed by atoms with Gasteiger partial charge in [0.1, 0.15) is 29.3 Å². The van der Waals surface area contributed by atoms with Crippen LogP contribution in [0.5, 0.6) is 5.75 Å². The molecule has 0 radical (unpaired) electrons. The second kappa shape index (κ2) is 13.8. The molecular formula is C32H35ClN6O3S. The van der Waals surface area contributed by atoms with Crippen LogP contribution in [-0.2, 0) is 24.4 Å². The van der Waals surface area contributed by atoms with Gasteiger partial charge in [0.05, 0.1) is 22.6 Å². The molecule has 1 unspecified atom stereocenters. The highest BCUT2D eigenvalue weighted by molar-refractivity contribution is 7.19. The lowest BCUT2D eigenvalue weighted by Gasteiger charge is -2.34. The van der Waals surface area contributed by atoms with E-state index < -0.39 is 0 Å². The number of anilines is 2. The Labute approximate surface area is 260 Å². The van der Waals surface area contributed by atoms with Crippen LogP contribution in [0.1, 0.15) is 41.8 Å². The highest BCUT2D eigenvalue weighted by Crippen LogP contribution is 2.39. The van der Waals surface area contributed by atoms with Crippen LogP contribution in [0.3, 0.4) is 0 Å². The maximum Gasteiger partial charge on any atom is 0.246 e. The number of aliphatic hydroxyl groups is 1. The fourth-order valence-corrected chi connectivity index (χ4v) is 7.29. The summed E-state index contributed by atoms with van der Waals surface area (Å²) in [6.45, 7) is 3.50. The van der Waals surface area contributed by atoms with Crippen molar-refractivity contribution in [1.82, 2.24) is 24.8 Å². The third-order valence-electron chi connectivity index (χ3n) is 8.06. The van der Waals surface area contributed by atoms with E-state index in [1.807, 2.05) is 47.4 Å². The fourth-order valence-electron chi connectivity index (χ4n) is 5.85. The van der Waals surface area contributed by atoms with Crippen molar-refractivity contribution in [3.63, 3.8) is 0 Å². The first kappa shape index (κ1) is 29.5. The quantitative estimate of drug-likeness (QED) is 0.217. The average molecular weight is 619 g/mol. The van der Waals surface area contributed by atoms with Crippen LogP contribution in [0, 0.1) is 0 Å². The maximum atomic E-state index is 13.1. The molecule has 9 nitrogen and oxygen atoms in total. The number of carbonyl (C=O) groups excluding carboxylic acids is 1. The molecule has 6 rings (SSSR count). The Bertz CT molecular complexity index is 1600. The molecule has 1 amide bonds. The van der Waals surface area contributed by atoms with E-state index in [1.165, 1.54) is 18.4 Å². The first-order chi connectivity index (χ1) is 21.1. The number of hydrogen-bond acceptors (Lipinski definition) is 9. The Kier molecular flexibility index (Phi) is 9.48. The van der Waals surface area contributed by atoms with Gasteiger partial charge in [-0.1, -0.05) is 30.2 Å². The lowest BCUT2D eigenvalue weighted by Crippen LogP contribution is -2.40. The molecule has 1 atom stereocenters. The monoisotopic (exact) mass is 618 g/mol. The van der Waals surface area contributed by atoms with E-state index >= 15 is 0 Å². The van der Waals surface area contributed by atoms with Crippen molar-refractivity contribution in [3.05, 3.63) is 82.2 Å². The van der Waals surface area contributed by atoms with Gasteiger partial charge in [-0.2, -0.15) is 0 Å². The Hall–Kier alpha value is -3.57. The Morgan fingerprint density at radius 2 is 2.12 bits per heavy atom. The topological polar surface area (TPSA) is 104 Å². The van der Waals surface area contributed by atoms with Gasteiger partial charge in [-0.3, -0.25) is 14.7 Å². The van der Waals surface area contributed by atoms with Crippen molar-refractivity contribution >= 4 is 50.6 Å². The van der Waals surface area contributed by atoms with Gasteiger partial charge in [-0.05, 0) is 68.1 Å². The number of fused-ring (bicyclic) bond motifs is 3. The van der Waals surface area contributed by atoms with E-state index in [2.05, 4.69) is 25.2 Å². The summed E-state index contributed by atoms with van der Waals surface area (Å²) >= 11 is 8.16. The van der Waals surface area contributed by atoms with E-state index in [9.17, 15) is 9.90 Å². The number of rotatable bonds is 10. The standard InChI is InChI=1S/C32H35ClN6O3S/c33-26-18-22(9-10-27(26)42-20-23-6-1-3-13-34-23)37-31-30-25-11-16-39(19-28(25)43-32(30)36-21-35-31)29(41)8-5-15-38-14-4-2-7-24(38)12-17-40/h1,3,5-6,8-10,13,18,21,24,40H,2,4,7,11-12,14-17,19-20H2,(H,35,36,37). The third kappa shape index (κ3) is 6.99. The van der Waals surface area contributed by atoms with Gasteiger partial charge in [0, 0.05) is 48.6 Å². The number of aromatic nitrogens is 3. The molecule has 0 saturated carbocycles. The minimum absolute atomic E-state index is 0.0308. The molecule has 0 aliphatic carbocycles. The van der Waals surface area contributed by atoms with Crippen LogP contribution in [0.15, 0.2) is 61.1 Å². The summed E-state index contributed by atoms with van der Waals surface area (Å²) in [5, 5.41) is 14.3. The van der Waals surface area contributed by atoms with Gasteiger partial charge < -0.3 is 20.1 Å². The first-order valence-electron chi connectivity index (χ1n) is 14.7. The number of hydrogen-bond donors (Lipinski definition) is 2. The van der Waals surface area contributed by atoms with Gasteiger partial charge >= 0.3 is 0 Å². The summed E-state index contributed by atoms with van der Waals surface area (Å²) in [6.07, 6.45) is 12.0. The number of amides is 1. The van der Waals surface area contributed by atoms with Crippen molar-refractivity contribution < 1.29 is 14.6 Å². The number of ether oxygens (including phenoxy) is 1. The Balaban J connectivity index is 1.11. The van der Waals surface area contributed by atoms with Crippen LogP contribution in [-0.4, -0.2) is 68.0 Å². The lowest BCUT2D eigenvalue weighted by molar-refractivity contribution is -0.126. The second-order valence-corrected chi connectivity index (χ2v) is 12.3. The van der Waals surface area contributed by atoms with Crippen LogP contribution in [0.2, 0.25) is 5.02 Å². The summed E-state index contributed by atoms with van der Waals surface area (Å²) < 4.78 is 5.86. The number of aliphatic hydroxyl groups excluding tert-OH is 1. The number of nitrogens with zero attached hydrogens (tertiary/aromatic N) is 5. The summed E-state index contributed by atoms with van der Waals surface area (Å²) in [5.74, 6) is 1.33. The molecule has 1 fully saturated rings. The van der Waals surface area contributed by atoms with E-state index in [-0.39, 0.29) is 12.5 Å². The summed E-state index contributed by atoms with van der Waals surface area (Å²) in [7, 11) is 0. The van der Waals surface area contributed by atoms with Gasteiger partial charge in [-0.25, -0.2) is 9.97 Å². The van der Waals surface area contributed by atoms with E-state index in [1.54, 1.807) is 29.9 Å². The van der Waals surface area contributed by atoms with Gasteiger partial charge in [-0.15, -0.1) is 11.3 Å². The molecule has 43 heavy (non-hydrogen) atoms. The summed E-state index contributed by atoms with van der Waals surface area (Å²) in [5.41, 5.74) is 2.81. The van der Waals surface area contributed by atoms with Crippen LogP contribution >= 0.6 is 22.9 Å². The largest absolute Gasteiger partial charge is 0.486 e. The molecule has 2 aliphatic heterocycles. The van der Waals surface area contributed by atoms with E-state index in [0.717, 1.165) is 64.6 Å². The third-order valence-corrected chi connectivity index (χ3v) is 9.48. The molecule has 5 heterocycles. The molecule has 1 aromatic carbocycles. The van der Waals surface area contributed by atoms with E-state index in [0.29, 0.717) is 36.5 Å². The van der Waals surface area contributed by atoms with Crippen molar-refractivity contribution in [3.8, 4) is 5.75 Å². The highest BCUT2D eigenvalue weighted by atomic mass is 35.5. The van der Waals surface area contributed by atoms with Crippen LogP contribution < -0.4 is 10.1 Å². The average Bonchev–Trinajstić information content (AvgIpc) is 3.41.